The van der Waals surface area contributed by atoms with Crippen molar-refractivity contribution < 1.29 is 0 Å². The van der Waals surface area contributed by atoms with Crippen molar-refractivity contribution in [1.29, 1.82) is 0 Å². The monoisotopic (exact) mass is 237 g/mol. The number of pyridine rings is 1. The normalized spacial score (nSPS) is 12.5. The fourth-order valence-electron chi connectivity index (χ4n) is 3.04. The summed E-state index contributed by atoms with van der Waals surface area (Å²) in [6.07, 6.45) is 1.00. The average Bonchev–Trinajstić information content (AvgIpc) is 2.66. The Balaban J connectivity index is 2.35. The summed E-state index contributed by atoms with van der Waals surface area (Å²) < 4.78 is 0. The van der Waals surface area contributed by atoms with Gasteiger partial charge in [-0.15, -0.1) is 0 Å². The lowest BCUT2D eigenvalue weighted by atomic mass is 9.93. The first kappa shape index (κ1) is 11.5. The van der Waals surface area contributed by atoms with E-state index in [9.17, 15) is 0 Å². The van der Waals surface area contributed by atoms with Crippen LogP contribution in [0.4, 0.5) is 0 Å². The molecule has 0 amide bonds. The fourth-order valence-corrected chi connectivity index (χ4v) is 3.04. The van der Waals surface area contributed by atoms with Gasteiger partial charge in [0.2, 0.25) is 0 Å². The lowest BCUT2D eigenvalue weighted by molar-refractivity contribution is 1.04. The Labute approximate surface area is 109 Å². The second-order valence-corrected chi connectivity index (χ2v) is 5.55. The van der Waals surface area contributed by atoms with Crippen LogP contribution in [0.2, 0.25) is 0 Å². The summed E-state index contributed by atoms with van der Waals surface area (Å²) in [5, 5.41) is 0. The molecule has 0 spiro atoms. The number of aromatic nitrogens is 1. The average molecular weight is 237 g/mol. The molecule has 0 saturated carbocycles. The molecule has 1 aromatic heterocycles. The Morgan fingerprint density at radius 2 is 1.61 bits per heavy atom. The summed E-state index contributed by atoms with van der Waals surface area (Å²) in [6, 6.07) is 4.61. The van der Waals surface area contributed by atoms with E-state index in [1.165, 1.54) is 44.6 Å². The van der Waals surface area contributed by atoms with Gasteiger partial charge in [-0.1, -0.05) is 6.07 Å². The quantitative estimate of drug-likeness (QED) is 0.571. The van der Waals surface area contributed by atoms with Gasteiger partial charge in [0.05, 0.1) is 5.69 Å². The topological polar surface area (TPSA) is 12.9 Å². The van der Waals surface area contributed by atoms with Crippen LogP contribution < -0.4 is 0 Å². The van der Waals surface area contributed by atoms with E-state index in [0.717, 1.165) is 12.1 Å². The molecule has 0 saturated heterocycles. The fraction of sp³-hybridized carbons (Fsp3) is 0.353. The van der Waals surface area contributed by atoms with E-state index in [2.05, 4.69) is 46.8 Å². The van der Waals surface area contributed by atoms with E-state index in [4.69, 9.17) is 4.98 Å². The highest BCUT2D eigenvalue weighted by Gasteiger charge is 2.24. The van der Waals surface area contributed by atoms with Crippen LogP contribution in [-0.2, 0) is 6.42 Å². The van der Waals surface area contributed by atoms with Gasteiger partial charge in [0, 0.05) is 17.7 Å². The summed E-state index contributed by atoms with van der Waals surface area (Å²) in [5.41, 5.74) is 12.2. The molecule has 0 bridgehead atoms. The number of hydrogen-bond donors (Lipinski definition) is 0. The van der Waals surface area contributed by atoms with Crippen LogP contribution >= 0.6 is 0 Å². The van der Waals surface area contributed by atoms with Crippen LogP contribution in [0, 0.1) is 34.6 Å². The van der Waals surface area contributed by atoms with E-state index in [1.807, 2.05) is 0 Å². The number of rotatable bonds is 0. The minimum atomic E-state index is 1.00. The molecule has 0 unspecified atom stereocenters. The first-order chi connectivity index (χ1) is 8.49. The molecule has 1 nitrogen and oxygen atoms in total. The van der Waals surface area contributed by atoms with Gasteiger partial charge in [-0.05, 0) is 74.1 Å². The molecular weight excluding hydrogens is 218 g/mol. The number of fused-ring (bicyclic) bond motifs is 3. The third-order valence-electron chi connectivity index (χ3n) is 4.33. The molecule has 0 aliphatic heterocycles. The van der Waals surface area contributed by atoms with Crippen LogP contribution in [0.25, 0.3) is 11.1 Å². The van der Waals surface area contributed by atoms with Crippen LogP contribution in [0.3, 0.4) is 0 Å². The number of benzene rings is 1. The third kappa shape index (κ3) is 1.43. The molecule has 0 atom stereocenters. The molecule has 2 aromatic rings. The Hall–Kier alpha value is -1.63. The molecule has 18 heavy (non-hydrogen) atoms. The van der Waals surface area contributed by atoms with Gasteiger partial charge in [0.1, 0.15) is 0 Å². The first-order valence-corrected chi connectivity index (χ1v) is 6.56. The van der Waals surface area contributed by atoms with Gasteiger partial charge in [-0.25, -0.2) is 0 Å². The van der Waals surface area contributed by atoms with Crippen molar-refractivity contribution in [3.8, 4) is 11.1 Å². The van der Waals surface area contributed by atoms with Gasteiger partial charge in [0.15, 0.2) is 0 Å². The van der Waals surface area contributed by atoms with E-state index in [-0.39, 0.29) is 0 Å². The smallest absolute Gasteiger partial charge is 0.0529 e. The predicted octanol–water partition coefficient (Wildman–Crippen LogP) is 4.19. The maximum absolute atomic E-state index is 4.78. The van der Waals surface area contributed by atoms with Gasteiger partial charge >= 0.3 is 0 Å². The molecule has 1 heteroatoms. The predicted molar refractivity (Wildman–Crippen MR) is 76.2 cm³/mol. The lowest BCUT2D eigenvalue weighted by Crippen LogP contribution is -1.93. The second kappa shape index (κ2) is 3.68. The summed E-state index contributed by atoms with van der Waals surface area (Å²) in [5.74, 6) is 0. The molecule has 1 aromatic carbocycles. The van der Waals surface area contributed by atoms with Crippen LogP contribution in [0.15, 0.2) is 12.1 Å². The number of nitrogens with zero attached hydrogens (tertiary/aromatic N) is 1. The van der Waals surface area contributed by atoms with Gasteiger partial charge in [-0.2, -0.15) is 0 Å². The van der Waals surface area contributed by atoms with Crippen molar-refractivity contribution in [3.63, 3.8) is 0 Å². The van der Waals surface area contributed by atoms with Gasteiger partial charge in [0.25, 0.3) is 0 Å². The highest BCUT2D eigenvalue weighted by Crippen LogP contribution is 2.41. The van der Waals surface area contributed by atoms with Crippen molar-refractivity contribution in [3.05, 3.63) is 51.3 Å². The largest absolute Gasteiger partial charge is 0.257 e. The molecule has 0 radical (unpaired) electrons. The van der Waals surface area contributed by atoms with Crippen molar-refractivity contribution in [2.24, 2.45) is 0 Å². The number of aryl methyl sites for hydroxylation is 4. The molecule has 92 valence electrons. The van der Waals surface area contributed by atoms with Gasteiger partial charge < -0.3 is 0 Å². The lowest BCUT2D eigenvalue weighted by Gasteiger charge is -2.11. The van der Waals surface area contributed by atoms with Crippen LogP contribution in [-0.4, -0.2) is 4.98 Å². The van der Waals surface area contributed by atoms with Crippen molar-refractivity contribution >= 4 is 0 Å². The Morgan fingerprint density at radius 3 is 2.33 bits per heavy atom. The minimum absolute atomic E-state index is 1.00. The zero-order valence-corrected chi connectivity index (χ0v) is 11.8. The maximum atomic E-state index is 4.78. The summed E-state index contributed by atoms with van der Waals surface area (Å²) in [7, 11) is 0. The summed E-state index contributed by atoms with van der Waals surface area (Å²) in [6.45, 7) is 10.9. The third-order valence-corrected chi connectivity index (χ3v) is 4.33. The standard InChI is InChI=1S/C17H19N/c1-9-6-11(3)17-14(12(9)4)8-16-15(17)7-10(2)13(5)18-16/h6-7H,8H2,1-5H3. The van der Waals surface area contributed by atoms with Gasteiger partial charge in [-0.3, -0.25) is 4.98 Å². The molecule has 0 N–H and O–H groups in total. The summed E-state index contributed by atoms with van der Waals surface area (Å²) in [4.78, 5) is 4.78. The van der Waals surface area contributed by atoms with Crippen molar-refractivity contribution in [2.45, 2.75) is 41.0 Å². The molecule has 1 heterocycles. The second-order valence-electron chi connectivity index (χ2n) is 5.55. The van der Waals surface area contributed by atoms with Crippen LogP contribution in [0.1, 0.15) is 39.2 Å². The zero-order valence-electron chi connectivity index (χ0n) is 11.8. The van der Waals surface area contributed by atoms with E-state index >= 15 is 0 Å². The maximum Gasteiger partial charge on any atom is 0.0529 e. The first-order valence-electron chi connectivity index (χ1n) is 6.56. The molecular formula is C17H19N. The van der Waals surface area contributed by atoms with E-state index in [0.29, 0.717) is 0 Å². The van der Waals surface area contributed by atoms with E-state index in [1.54, 1.807) is 0 Å². The highest BCUT2D eigenvalue weighted by molar-refractivity contribution is 5.80. The Morgan fingerprint density at radius 1 is 0.889 bits per heavy atom. The molecule has 1 aliphatic rings. The van der Waals surface area contributed by atoms with E-state index < -0.39 is 0 Å². The van der Waals surface area contributed by atoms with Crippen molar-refractivity contribution in [1.82, 2.24) is 4.98 Å². The SMILES string of the molecule is Cc1cc2c(nc1C)Cc1c(C)c(C)cc(C)c1-2. The summed E-state index contributed by atoms with van der Waals surface area (Å²) >= 11 is 0. The number of hydrogen-bond acceptors (Lipinski definition) is 1. The zero-order chi connectivity index (χ0) is 13.0. The molecule has 0 fully saturated rings. The van der Waals surface area contributed by atoms with Crippen molar-refractivity contribution in [2.75, 3.05) is 0 Å². The Kier molecular flexibility index (Phi) is 2.34. The van der Waals surface area contributed by atoms with Crippen LogP contribution in [0.5, 0.6) is 0 Å². The molecule has 3 rings (SSSR count). The molecule has 1 aliphatic carbocycles. The minimum Gasteiger partial charge on any atom is -0.257 e. The highest BCUT2D eigenvalue weighted by atomic mass is 14.7. The Bertz CT molecular complexity index is 666.